The van der Waals surface area contributed by atoms with Crippen LogP contribution in [0.3, 0.4) is 0 Å². The number of anilines is 4. The minimum atomic E-state index is -4.63. The van der Waals surface area contributed by atoms with Crippen LogP contribution in [0.2, 0.25) is 0 Å². The Morgan fingerprint density at radius 2 is 1.71 bits per heavy atom. The molecule has 1 saturated carbocycles. The van der Waals surface area contributed by atoms with Gasteiger partial charge < -0.3 is 20.1 Å². The van der Waals surface area contributed by atoms with Gasteiger partial charge in [-0.2, -0.15) is 18.2 Å². The van der Waals surface area contributed by atoms with Crippen molar-refractivity contribution in [1.29, 1.82) is 0 Å². The van der Waals surface area contributed by atoms with Crippen molar-refractivity contribution in [2.75, 3.05) is 17.2 Å². The Morgan fingerprint density at radius 3 is 2.43 bits per heavy atom. The zero-order chi connectivity index (χ0) is 24.7. The van der Waals surface area contributed by atoms with Gasteiger partial charge in [-0.05, 0) is 68.5 Å². The fourth-order valence-corrected chi connectivity index (χ4v) is 3.90. The molecule has 4 rings (SSSR count). The fourth-order valence-electron chi connectivity index (χ4n) is 3.90. The van der Waals surface area contributed by atoms with Crippen LogP contribution in [0.25, 0.3) is 0 Å². The number of para-hydroxylation sites is 2. The lowest BCUT2D eigenvalue weighted by atomic mass is 9.98. The predicted octanol–water partition coefficient (Wildman–Crippen LogP) is 7.48. The van der Waals surface area contributed by atoms with Crippen LogP contribution in [0.15, 0.2) is 54.7 Å². The Hall–Kier alpha value is -3.49. The number of nitrogens with zero attached hydrogens (tertiary/aromatic N) is 2. The molecule has 0 spiro atoms. The van der Waals surface area contributed by atoms with Gasteiger partial charge in [-0.15, -0.1) is 0 Å². The molecular formula is C26H29F3N4O2. The standard InChI is InChI=1S/C26H29F3N4O2/c1-2-16-34-23-11-7-6-10-22(23)32-24-21(26(27,28)29)17-30-25(33-24)31-18-12-14-20(15-13-18)35-19-8-4-3-5-9-19/h6-7,10-15,17,19H,2-5,8-9,16H2,1H3,(H2,30,31,32,33). The van der Waals surface area contributed by atoms with E-state index in [-0.39, 0.29) is 17.9 Å². The Morgan fingerprint density at radius 1 is 0.971 bits per heavy atom. The van der Waals surface area contributed by atoms with Gasteiger partial charge in [0.1, 0.15) is 22.9 Å². The third-order valence-corrected chi connectivity index (χ3v) is 5.66. The summed E-state index contributed by atoms with van der Waals surface area (Å²) in [6.07, 6.45) is 2.88. The Balaban J connectivity index is 1.52. The van der Waals surface area contributed by atoms with Gasteiger partial charge in [0.25, 0.3) is 0 Å². The highest BCUT2D eigenvalue weighted by Crippen LogP contribution is 2.37. The topological polar surface area (TPSA) is 68.3 Å². The number of rotatable bonds is 9. The minimum absolute atomic E-state index is 0.0356. The van der Waals surface area contributed by atoms with Crippen LogP contribution in [-0.4, -0.2) is 22.7 Å². The normalized spacial score (nSPS) is 14.4. The molecule has 6 nitrogen and oxygen atoms in total. The average Bonchev–Trinajstić information content (AvgIpc) is 2.85. The molecule has 3 aromatic rings. The van der Waals surface area contributed by atoms with Gasteiger partial charge in [0.05, 0.1) is 18.4 Å². The highest BCUT2D eigenvalue weighted by atomic mass is 19.4. The van der Waals surface area contributed by atoms with Crippen LogP contribution >= 0.6 is 0 Å². The number of hydrogen-bond acceptors (Lipinski definition) is 6. The van der Waals surface area contributed by atoms with E-state index in [1.165, 1.54) is 19.3 Å². The molecule has 0 amide bonds. The van der Waals surface area contributed by atoms with E-state index in [9.17, 15) is 13.2 Å². The molecule has 0 bridgehead atoms. The molecule has 0 unspecified atom stereocenters. The molecule has 0 radical (unpaired) electrons. The van der Waals surface area contributed by atoms with E-state index in [0.29, 0.717) is 23.7 Å². The Bertz CT molecular complexity index is 1100. The van der Waals surface area contributed by atoms with Crippen molar-refractivity contribution in [3.63, 3.8) is 0 Å². The SMILES string of the molecule is CCCOc1ccccc1Nc1nc(Nc2ccc(OC3CCCCC3)cc2)ncc1C(F)(F)F. The highest BCUT2D eigenvalue weighted by Gasteiger charge is 2.35. The molecule has 0 aliphatic heterocycles. The van der Waals surface area contributed by atoms with Gasteiger partial charge in [-0.25, -0.2) is 4.98 Å². The molecule has 2 N–H and O–H groups in total. The van der Waals surface area contributed by atoms with Crippen LogP contribution in [-0.2, 0) is 6.18 Å². The first kappa shape index (κ1) is 24.6. The molecule has 1 aliphatic carbocycles. The van der Waals surface area contributed by atoms with E-state index < -0.39 is 11.7 Å². The first-order chi connectivity index (χ1) is 16.9. The van der Waals surface area contributed by atoms with Crippen molar-refractivity contribution in [2.24, 2.45) is 0 Å². The molecule has 1 heterocycles. The summed E-state index contributed by atoms with van der Waals surface area (Å²) >= 11 is 0. The molecule has 2 aromatic carbocycles. The van der Waals surface area contributed by atoms with Crippen LogP contribution in [0.5, 0.6) is 11.5 Å². The van der Waals surface area contributed by atoms with Gasteiger partial charge in [-0.1, -0.05) is 25.5 Å². The van der Waals surface area contributed by atoms with Crippen LogP contribution in [0.1, 0.15) is 51.0 Å². The van der Waals surface area contributed by atoms with E-state index in [1.807, 2.05) is 19.1 Å². The monoisotopic (exact) mass is 486 g/mol. The van der Waals surface area contributed by atoms with E-state index in [4.69, 9.17) is 9.47 Å². The number of alkyl halides is 3. The second kappa shape index (κ2) is 11.3. The maximum Gasteiger partial charge on any atom is 0.421 e. The highest BCUT2D eigenvalue weighted by molar-refractivity contribution is 5.67. The third kappa shape index (κ3) is 6.77. The number of hydrogen-bond donors (Lipinski definition) is 2. The number of nitrogens with one attached hydrogen (secondary N) is 2. The van der Waals surface area contributed by atoms with Crippen LogP contribution in [0.4, 0.5) is 36.3 Å². The Labute approximate surface area is 202 Å². The quantitative estimate of drug-likeness (QED) is 0.327. The molecule has 1 aliphatic rings. The third-order valence-electron chi connectivity index (χ3n) is 5.66. The number of benzene rings is 2. The van der Waals surface area contributed by atoms with E-state index in [1.54, 1.807) is 36.4 Å². The van der Waals surface area contributed by atoms with E-state index >= 15 is 0 Å². The molecule has 0 saturated heterocycles. The van der Waals surface area contributed by atoms with Gasteiger partial charge in [0, 0.05) is 11.9 Å². The van der Waals surface area contributed by atoms with Crippen molar-refractivity contribution in [1.82, 2.24) is 9.97 Å². The molecule has 186 valence electrons. The molecule has 1 fully saturated rings. The lowest BCUT2D eigenvalue weighted by Crippen LogP contribution is -2.19. The zero-order valence-electron chi connectivity index (χ0n) is 19.6. The van der Waals surface area contributed by atoms with Crippen LogP contribution < -0.4 is 20.1 Å². The largest absolute Gasteiger partial charge is 0.491 e. The van der Waals surface area contributed by atoms with E-state index in [0.717, 1.165) is 31.2 Å². The number of ether oxygens (including phenoxy) is 2. The first-order valence-corrected chi connectivity index (χ1v) is 11.9. The zero-order valence-corrected chi connectivity index (χ0v) is 19.6. The maximum absolute atomic E-state index is 13.7. The van der Waals surface area contributed by atoms with Crippen molar-refractivity contribution in [3.8, 4) is 11.5 Å². The van der Waals surface area contributed by atoms with Crippen molar-refractivity contribution >= 4 is 23.1 Å². The molecule has 1 aromatic heterocycles. The van der Waals surface area contributed by atoms with Gasteiger partial charge >= 0.3 is 6.18 Å². The summed E-state index contributed by atoms with van der Waals surface area (Å²) in [5, 5.41) is 5.75. The summed E-state index contributed by atoms with van der Waals surface area (Å²) in [7, 11) is 0. The van der Waals surface area contributed by atoms with Crippen LogP contribution in [0, 0.1) is 0 Å². The Kier molecular flexibility index (Phi) is 7.94. The minimum Gasteiger partial charge on any atom is -0.491 e. The van der Waals surface area contributed by atoms with E-state index in [2.05, 4.69) is 20.6 Å². The smallest absolute Gasteiger partial charge is 0.421 e. The van der Waals surface area contributed by atoms with Gasteiger partial charge in [-0.3, -0.25) is 0 Å². The lowest BCUT2D eigenvalue weighted by molar-refractivity contribution is -0.137. The lowest BCUT2D eigenvalue weighted by Gasteiger charge is -2.23. The first-order valence-electron chi connectivity index (χ1n) is 11.9. The van der Waals surface area contributed by atoms with Crippen molar-refractivity contribution < 1.29 is 22.6 Å². The second-order valence-corrected chi connectivity index (χ2v) is 8.45. The molecule has 35 heavy (non-hydrogen) atoms. The van der Waals surface area contributed by atoms with Crippen molar-refractivity contribution in [3.05, 3.63) is 60.3 Å². The number of aromatic nitrogens is 2. The predicted molar refractivity (Wildman–Crippen MR) is 130 cm³/mol. The average molecular weight is 487 g/mol. The van der Waals surface area contributed by atoms with Gasteiger partial charge in [0.15, 0.2) is 0 Å². The number of halogens is 3. The summed E-state index contributed by atoms with van der Waals surface area (Å²) in [6.45, 7) is 2.40. The summed E-state index contributed by atoms with van der Waals surface area (Å²) in [5.74, 6) is 0.888. The molecule has 9 heteroatoms. The fraction of sp³-hybridized carbons (Fsp3) is 0.385. The second-order valence-electron chi connectivity index (χ2n) is 8.45. The van der Waals surface area contributed by atoms with Crippen molar-refractivity contribution in [2.45, 2.75) is 57.7 Å². The summed E-state index contributed by atoms with van der Waals surface area (Å²) in [4.78, 5) is 8.01. The molecule has 0 atom stereocenters. The molecular weight excluding hydrogens is 457 g/mol. The van der Waals surface area contributed by atoms with Gasteiger partial charge in [0.2, 0.25) is 5.95 Å². The summed E-state index contributed by atoms with van der Waals surface area (Å²) < 4.78 is 52.7. The maximum atomic E-state index is 13.7. The summed E-state index contributed by atoms with van der Waals surface area (Å²) in [5.41, 5.74) is 0.0586. The summed E-state index contributed by atoms with van der Waals surface area (Å²) in [6, 6.07) is 14.1.